The van der Waals surface area contributed by atoms with Crippen LogP contribution in [-0.4, -0.2) is 33.9 Å². The molecule has 4 nitrogen and oxygen atoms in total. The van der Waals surface area contributed by atoms with Crippen molar-refractivity contribution in [3.05, 3.63) is 30.1 Å². The molecule has 0 bridgehead atoms. The molecule has 5 heteroatoms. The number of pyridine rings is 1. The average Bonchev–Trinajstić information content (AvgIpc) is 2.86. The maximum Gasteiger partial charge on any atom is 0.138 e. The Morgan fingerprint density at radius 3 is 3.00 bits per heavy atom. The van der Waals surface area contributed by atoms with Crippen LogP contribution in [0.1, 0.15) is 31.9 Å². The molecule has 2 aromatic rings. The number of fused-ring (bicyclic) bond motifs is 1. The first-order chi connectivity index (χ1) is 10.3. The Morgan fingerprint density at radius 2 is 2.24 bits per heavy atom. The van der Waals surface area contributed by atoms with Gasteiger partial charge in [0.05, 0.1) is 5.69 Å². The van der Waals surface area contributed by atoms with Gasteiger partial charge >= 0.3 is 0 Å². The topological polar surface area (TPSA) is 52.5 Å². The zero-order valence-electron chi connectivity index (χ0n) is 12.5. The fourth-order valence-corrected chi connectivity index (χ4v) is 3.86. The van der Waals surface area contributed by atoms with E-state index in [4.69, 9.17) is 15.5 Å². The minimum Gasteiger partial charge on any atom is -0.381 e. The molecule has 1 unspecified atom stereocenters. The lowest BCUT2D eigenvalue weighted by Gasteiger charge is -2.21. The largest absolute Gasteiger partial charge is 0.381 e. The first kappa shape index (κ1) is 14.9. The van der Waals surface area contributed by atoms with Gasteiger partial charge in [0, 0.05) is 37.1 Å². The van der Waals surface area contributed by atoms with E-state index in [1.807, 2.05) is 17.8 Å². The molecule has 1 saturated heterocycles. The van der Waals surface area contributed by atoms with Crippen molar-refractivity contribution in [2.24, 2.45) is 5.73 Å². The summed E-state index contributed by atoms with van der Waals surface area (Å²) >= 11 is 1.90. The van der Waals surface area contributed by atoms with Crippen LogP contribution in [0.25, 0.3) is 5.65 Å². The summed E-state index contributed by atoms with van der Waals surface area (Å²) in [6.45, 7) is 3.88. The maximum atomic E-state index is 6.19. The predicted octanol–water partition coefficient (Wildman–Crippen LogP) is 2.89. The molecule has 0 spiro atoms. The molecule has 114 valence electrons. The molecule has 0 amide bonds. The molecular formula is C16H23N3OS. The molecular weight excluding hydrogens is 282 g/mol. The Morgan fingerprint density at radius 1 is 1.43 bits per heavy atom. The molecule has 21 heavy (non-hydrogen) atoms. The smallest absolute Gasteiger partial charge is 0.138 e. The van der Waals surface area contributed by atoms with E-state index < -0.39 is 0 Å². The number of imidazole rings is 1. The molecule has 0 radical (unpaired) electrons. The van der Waals surface area contributed by atoms with Gasteiger partial charge in [-0.15, -0.1) is 11.8 Å². The van der Waals surface area contributed by atoms with E-state index in [0.717, 1.165) is 49.6 Å². The molecule has 0 saturated carbocycles. The van der Waals surface area contributed by atoms with Gasteiger partial charge in [-0.05, 0) is 31.4 Å². The van der Waals surface area contributed by atoms with Crippen LogP contribution in [0.2, 0.25) is 0 Å². The lowest BCUT2D eigenvalue weighted by Crippen LogP contribution is -2.23. The highest BCUT2D eigenvalue weighted by Crippen LogP contribution is 2.32. The number of nitrogens with zero attached hydrogens (tertiary/aromatic N) is 2. The fraction of sp³-hybridized carbons (Fsp3) is 0.562. The molecule has 1 fully saturated rings. The summed E-state index contributed by atoms with van der Waals surface area (Å²) in [4.78, 5) is 4.82. The Bertz CT molecular complexity index is 592. The van der Waals surface area contributed by atoms with E-state index in [1.165, 1.54) is 5.69 Å². The first-order valence-corrected chi connectivity index (χ1v) is 8.62. The number of rotatable bonds is 5. The standard InChI is InChI=1S/C16H23N3OS/c1-2-12(17)11-14-16(21-13-6-9-20-10-7-13)18-15-5-3-4-8-19(14)15/h3-5,8,12-13H,2,6-7,9-11,17H2,1H3. The summed E-state index contributed by atoms with van der Waals surface area (Å²) in [5.74, 6) is 0. The van der Waals surface area contributed by atoms with Crippen LogP contribution >= 0.6 is 11.8 Å². The summed E-state index contributed by atoms with van der Waals surface area (Å²) in [5, 5.41) is 1.76. The van der Waals surface area contributed by atoms with Crippen molar-refractivity contribution in [1.82, 2.24) is 9.38 Å². The second-order valence-electron chi connectivity index (χ2n) is 5.59. The Kier molecular flexibility index (Phi) is 4.83. The number of hydrogen-bond donors (Lipinski definition) is 1. The summed E-state index contributed by atoms with van der Waals surface area (Å²) in [6.07, 6.45) is 6.18. The maximum absolute atomic E-state index is 6.19. The van der Waals surface area contributed by atoms with Gasteiger partial charge in [0.2, 0.25) is 0 Å². The zero-order chi connectivity index (χ0) is 14.7. The third kappa shape index (κ3) is 3.42. The normalized spacial score (nSPS) is 18.2. The molecule has 1 atom stereocenters. The Balaban J connectivity index is 1.89. The lowest BCUT2D eigenvalue weighted by molar-refractivity contribution is 0.1000. The quantitative estimate of drug-likeness (QED) is 0.923. The second kappa shape index (κ2) is 6.81. The molecule has 1 aliphatic rings. The fourth-order valence-electron chi connectivity index (χ4n) is 2.65. The summed E-state index contributed by atoms with van der Waals surface area (Å²) < 4.78 is 7.64. The van der Waals surface area contributed by atoms with Crippen molar-refractivity contribution in [2.45, 2.75) is 48.9 Å². The van der Waals surface area contributed by atoms with Gasteiger partial charge in [0.15, 0.2) is 0 Å². The van der Waals surface area contributed by atoms with Gasteiger partial charge in [0.25, 0.3) is 0 Å². The van der Waals surface area contributed by atoms with Crippen LogP contribution in [0.15, 0.2) is 29.4 Å². The molecule has 2 aromatic heterocycles. The molecule has 2 N–H and O–H groups in total. The third-order valence-electron chi connectivity index (χ3n) is 4.02. The van der Waals surface area contributed by atoms with Gasteiger partial charge in [-0.3, -0.25) is 0 Å². The minimum absolute atomic E-state index is 0.194. The highest BCUT2D eigenvalue weighted by Gasteiger charge is 2.21. The Labute approximate surface area is 130 Å². The average molecular weight is 305 g/mol. The van der Waals surface area contributed by atoms with Crippen LogP contribution in [0.5, 0.6) is 0 Å². The number of thioether (sulfide) groups is 1. The lowest BCUT2D eigenvalue weighted by atomic mass is 10.1. The highest BCUT2D eigenvalue weighted by atomic mass is 32.2. The van der Waals surface area contributed by atoms with Gasteiger partial charge < -0.3 is 14.9 Å². The molecule has 0 aliphatic carbocycles. The summed E-state index contributed by atoms with van der Waals surface area (Å²) in [6, 6.07) is 6.35. The van der Waals surface area contributed by atoms with Crippen LogP contribution in [0.4, 0.5) is 0 Å². The van der Waals surface area contributed by atoms with Crippen LogP contribution in [0, 0.1) is 0 Å². The van der Waals surface area contributed by atoms with Crippen LogP contribution in [0.3, 0.4) is 0 Å². The van der Waals surface area contributed by atoms with Crippen LogP contribution in [-0.2, 0) is 11.2 Å². The van der Waals surface area contributed by atoms with E-state index in [1.54, 1.807) is 0 Å². The van der Waals surface area contributed by atoms with Crippen molar-refractivity contribution in [3.63, 3.8) is 0 Å². The van der Waals surface area contributed by atoms with Gasteiger partial charge in [0.1, 0.15) is 10.7 Å². The molecule has 3 heterocycles. The SMILES string of the molecule is CCC(N)Cc1c(SC2CCOCC2)nc2ccccn12. The van der Waals surface area contributed by atoms with E-state index >= 15 is 0 Å². The molecule has 3 rings (SSSR count). The van der Waals surface area contributed by atoms with E-state index in [2.05, 4.69) is 29.7 Å². The number of ether oxygens (including phenoxy) is 1. The number of nitrogens with two attached hydrogens (primary N) is 1. The van der Waals surface area contributed by atoms with E-state index in [-0.39, 0.29) is 6.04 Å². The first-order valence-electron chi connectivity index (χ1n) is 7.74. The van der Waals surface area contributed by atoms with Gasteiger partial charge in [-0.2, -0.15) is 0 Å². The van der Waals surface area contributed by atoms with E-state index in [9.17, 15) is 0 Å². The minimum atomic E-state index is 0.194. The summed E-state index contributed by atoms with van der Waals surface area (Å²) in [5.41, 5.74) is 8.47. The van der Waals surface area contributed by atoms with Crippen LogP contribution < -0.4 is 5.73 Å². The van der Waals surface area contributed by atoms with Gasteiger partial charge in [-0.25, -0.2) is 4.98 Å². The number of aromatic nitrogens is 2. The number of hydrogen-bond acceptors (Lipinski definition) is 4. The predicted molar refractivity (Wildman–Crippen MR) is 86.9 cm³/mol. The van der Waals surface area contributed by atoms with E-state index in [0.29, 0.717) is 5.25 Å². The summed E-state index contributed by atoms with van der Waals surface area (Å²) in [7, 11) is 0. The molecule has 0 aromatic carbocycles. The molecule has 1 aliphatic heterocycles. The Hall–Kier alpha value is -1.04. The van der Waals surface area contributed by atoms with Crippen molar-refractivity contribution >= 4 is 17.4 Å². The van der Waals surface area contributed by atoms with Crippen molar-refractivity contribution in [1.29, 1.82) is 0 Å². The zero-order valence-corrected chi connectivity index (χ0v) is 13.3. The second-order valence-corrected chi connectivity index (χ2v) is 6.88. The van der Waals surface area contributed by atoms with Crippen molar-refractivity contribution < 1.29 is 4.74 Å². The highest BCUT2D eigenvalue weighted by molar-refractivity contribution is 7.99. The third-order valence-corrected chi connectivity index (χ3v) is 5.37. The monoisotopic (exact) mass is 305 g/mol. The van der Waals surface area contributed by atoms with Gasteiger partial charge in [-0.1, -0.05) is 13.0 Å². The van der Waals surface area contributed by atoms with Crippen molar-refractivity contribution in [3.8, 4) is 0 Å². The van der Waals surface area contributed by atoms with Crippen molar-refractivity contribution in [2.75, 3.05) is 13.2 Å².